The van der Waals surface area contributed by atoms with Crippen LogP contribution in [0.5, 0.6) is 0 Å². The highest BCUT2D eigenvalue weighted by Crippen LogP contribution is 2.17. The number of hydrogen-bond donors (Lipinski definition) is 2. The Balaban J connectivity index is 1.63. The van der Waals surface area contributed by atoms with Crippen molar-refractivity contribution < 1.29 is 9.59 Å². The summed E-state index contributed by atoms with van der Waals surface area (Å²) >= 11 is 0. The number of carbonyl (C=O) groups is 2. The van der Waals surface area contributed by atoms with E-state index < -0.39 is 0 Å². The minimum atomic E-state index is -0.336. The number of carbonyl (C=O) groups excluding carboxylic acids is 2. The van der Waals surface area contributed by atoms with Crippen molar-refractivity contribution in [3.8, 4) is 0 Å². The van der Waals surface area contributed by atoms with Crippen LogP contribution in [0.2, 0.25) is 0 Å². The molecule has 0 saturated heterocycles. The molecule has 0 unspecified atom stereocenters. The Bertz CT molecular complexity index is 878. The minimum absolute atomic E-state index is 0.114. The first kappa shape index (κ1) is 17.2. The summed E-state index contributed by atoms with van der Waals surface area (Å²) in [6.45, 7) is 0. The van der Waals surface area contributed by atoms with Crippen LogP contribution in [-0.4, -0.2) is 19.0 Å². The molecule has 0 aromatic heterocycles. The van der Waals surface area contributed by atoms with Gasteiger partial charge >= 0.3 is 6.03 Å². The van der Waals surface area contributed by atoms with Crippen molar-refractivity contribution in [1.29, 1.82) is 0 Å². The van der Waals surface area contributed by atoms with E-state index in [0.29, 0.717) is 16.9 Å². The average molecular weight is 345 g/mol. The highest BCUT2D eigenvalue weighted by molar-refractivity contribution is 6.06. The predicted octanol–water partition coefficient (Wildman–Crippen LogP) is 4.61. The zero-order valence-corrected chi connectivity index (χ0v) is 14.3. The number of urea groups is 1. The van der Waals surface area contributed by atoms with Crippen molar-refractivity contribution in [2.24, 2.45) is 0 Å². The van der Waals surface area contributed by atoms with Gasteiger partial charge in [0.1, 0.15) is 0 Å². The maximum atomic E-state index is 12.5. The van der Waals surface area contributed by atoms with Crippen molar-refractivity contribution in [3.05, 3.63) is 90.5 Å². The number of para-hydroxylation sites is 2. The van der Waals surface area contributed by atoms with E-state index >= 15 is 0 Å². The summed E-state index contributed by atoms with van der Waals surface area (Å²) in [6.07, 6.45) is 0. The molecule has 26 heavy (non-hydrogen) atoms. The molecule has 0 fully saturated rings. The second-order valence-corrected chi connectivity index (χ2v) is 5.72. The van der Waals surface area contributed by atoms with Gasteiger partial charge in [-0.15, -0.1) is 0 Å². The van der Waals surface area contributed by atoms with Crippen molar-refractivity contribution in [1.82, 2.24) is 0 Å². The summed E-state index contributed by atoms with van der Waals surface area (Å²) in [6, 6.07) is 25.1. The third-order valence-corrected chi connectivity index (χ3v) is 3.87. The van der Waals surface area contributed by atoms with Crippen molar-refractivity contribution in [3.63, 3.8) is 0 Å². The van der Waals surface area contributed by atoms with Crippen LogP contribution in [0.3, 0.4) is 0 Å². The van der Waals surface area contributed by atoms with E-state index in [9.17, 15) is 9.59 Å². The van der Waals surface area contributed by atoms with Gasteiger partial charge in [-0.3, -0.25) is 4.79 Å². The Kier molecular flexibility index (Phi) is 5.29. The first-order valence-corrected chi connectivity index (χ1v) is 8.20. The van der Waals surface area contributed by atoms with Crippen molar-refractivity contribution in [2.45, 2.75) is 0 Å². The molecular formula is C21H19N3O2. The molecule has 5 nitrogen and oxygen atoms in total. The molecule has 130 valence electrons. The van der Waals surface area contributed by atoms with Gasteiger partial charge < -0.3 is 15.5 Å². The monoisotopic (exact) mass is 345 g/mol. The van der Waals surface area contributed by atoms with E-state index in [4.69, 9.17) is 0 Å². The molecule has 0 aliphatic carbocycles. The van der Waals surface area contributed by atoms with Gasteiger partial charge in [0.05, 0.1) is 0 Å². The van der Waals surface area contributed by atoms with Gasteiger partial charge in [-0.05, 0) is 48.5 Å². The Morgan fingerprint density at radius 1 is 0.692 bits per heavy atom. The number of nitrogens with one attached hydrogen (secondary N) is 2. The second-order valence-electron chi connectivity index (χ2n) is 5.72. The average Bonchev–Trinajstić information content (AvgIpc) is 2.69. The summed E-state index contributed by atoms with van der Waals surface area (Å²) in [5, 5.41) is 5.48. The van der Waals surface area contributed by atoms with Gasteiger partial charge in [0, 0.05) is 29.7 Å². The lowest BCUT2D eigenvalue weighted by atomic mass is 10.1. The van der Waals surface area contributed by atoms with Gasteiger partial charge in [0.2, 0.25) is 0 Å². The van der Waals surface area contributed by atoms with Crippen LogP contribution in [0.4, 0.5) is 21.9 Å². The maximum absolute atomic E-state index is 12.5. The van der Waals surface area contributed by atoms with Crippen LogP contribution in [0.1, 0.15) is 10.4 Å². The fourth-order valence-electron chi connectivity index (χ4n) is 2.47. The standard InChI is InChI=1S/C21H19N3O2/c1-24(19-10-6-3-7-11-19)20(25)16-12-14-18(15-13-16)23-21(26)22-17-8-4-2-5-9-17/h2-15H,1H3,(H2,22,23,26). The van der Waals surface area contributed by atoms with Crippen LogP contribution in [0.25, 0.3) is 0 Å². The summed E-state index contributed by atoms with van der Waals surface area (Å²) in [5.74, 6) is -0.114. The summed E-state index contributed by atoms with van der Waals surface area (Å²) in [5.41, 5.74) is 2.69. The zero-order valence-electron chi connectivity index (χ0n) is 14.3. The fourth-order valence-corrected chi connectivity index (χ4v) is 2.47. The number of rotatable bonds is 4. The second kappa shape index (κ2) is 7.98. The van der Waals surface area contributed by atoms with Crippen LogP contribution in [-0.2, 0) is 0 Å². The lowest BCUT2D eigenvalue weighted by Gasteiger charge is -2.17. The van der Waals surface area contributed by atoms with E-state index in [1.807, 2.05) is 48.5 Å². The van der Waals surface area contributed by atoms with E-state index in [1.165, 1.54) is 0 Å². The molecule has 0 atom stereocenters. The summed E-state index contributed by atoms with van der Waals surface area (Å²) in [4.78, 5) is 26.1. The molecule has 0 aliphatic rings. The fraction of sp³-hybridized carbons (Fsp3) is 0.0476. The highest BCUT2D eigenvalue weighted by atomic mass is 16.2. The Morgan fingerprint density at radius 2 is 1.19 bits per heavy atom. The predicted molar refractivity (Wildman–Crippen MR) is 105 cm³/mol. The van der Waals surface area contributed by atoms with Crippen molar-refractivity contribution in [2.75, 3.05) is 22.6 Å². The van der Waals surface area contributed by atoms with Gasteiger partial charge in [0.25, 0.3) is 5.91 Å². The number of amides is 3. The van der Waals surface area contributed by atoms with E-state index in [1.54, 1.807) is 48.3 Å². The van der Waals surface area contributed by atoms with Crippen molar-refractivity contribution >= 4 is 29.0 Å². The van der Waals surface area contributed by atoms with Crippen LogP contribution >= 0.6 is 0 Å². The molecule has 3 rings (SSSR count). The van der Waals surface area contributed by atoms with Gasteiger partial charge in [-0.2, -0.15) is 0 Å². The largest absolute Gasteiger partial charge is 0.323 e. The lowest BCUT2D eigenvalue weighted by Crippen LogP contribution is -2.26. The first-order chi connectivity index (χ1) is 12.6. The van der Waals surface area contributed by atoms with E-state index in [0.717, 1.165) is 5.69 Å². The molecule has 0 saturated carbocycles. The molecule has 3 amide bonds. The molecule has 2 N–H and O–H groups in total. The smallest absolute Gasteiger partial charge is 0.311 e. The van der Waals surface area contributed by atoms with Gasteiger partial charge in [-0.25, -0.2) is 4.79 Å². The van der Waals surface area contributed by atoms with E-state index in [2.05, 4.69) is 10.6 Å². The quantitative estimate of drug-likeness (QED) is 0.725. The van der Waals surface area contributed by atoms with Crippen LogP contribution in [0.15, 0.2) is 84.9 Å². The topological polar surface area (TPSA) is 61.4 Å². The van der Waals surface area contributed by atoms with E-state index in [-0.39, 0.29) is 11.9 Å². The zero-order chi connectivity index (χ0) is 18.4. The Hall–Kier alpha value is -3.60. The lowest BCUT2D eigenvalue weighted by molar-refractivity contribution is 0.0993. The SMILES string of the molecule is CN(C(=O)c1ccc(NC(=O)Nc2ccccc2)cc1)c1ccccc1. The third kappa shape index (κ3) is 4.27. The Labute approximate surface area is 152 Å². The van der Waals surface area contributed by atoms with Crippen LogP contribution < -0.4 is 15.5 Å². The normalized spacial score (nSPS) is 10.0. The molecule has 3 aromatic rings. The number of hydrogen-bond acceptors (Lipinski definition) is 2. The van der Waals surface area contributed by atoms with Gasteiger partial charge in [-0.1, -0.05) is 36.4 Å². The number of anilines is 3. The summed E-state index contributed by atoms with van der Waals surface area (Å²) in [7, 11) is 1.73. The van der Waals surface area contributed by atoms with Gasteiger partial charge in [0.15, 0.2) is 0 Å². The first-order valence-electron chi connectivity index (χ1n) is 8.20. The molecule has 0 spiro atoms. The molecule has 0 bridgehead atoms. The molecule has 3 aromatic carbocycles. The maximum Gasteiger partial charge on any atom is 0.323 e. The number of benzene rings is 3. The molecule has 5 heteroatoms. The molecule has 0 heterocycles. The molecular weight excluding hydrogens is 326 g/mol. The Morgan fingerprint density at radius 3 is 1.77 bits per heavy atom. The molecule has 0 radical (unpaired) electrons. The molecule has 0 aliphatic heterocycles. The van der Waals surface area contributed by atoms with Crippen LogP contribution in [0, 0.1) is 0 Å². The third-order valence-electron chi connectivity index (χ3n) is 3.87. The summed E-state index contributed by atoms with van der Waals surface area (Å²) < 4.78 is 0. The minimum Gasteiger partial charge on any atom is -0.311 e. The highest BCUT2D eigenvalue weighted by Gasteiger charge is 2.13. The number of nitrogens with zero attached hydrogens (tertiary/aromatic N) is 1.